The van der Waals surface area contributed by atoms with Gasteiger partial charge in [0.15, 0.2) is 0 Å². The predicted octanol–water partition coefficient (Wildman–Crippen LogP) is 7.17. The minimum atomic E-state index is -0.673. The van der Waals surface area contributed by atoms with Gasteiger partial charge in [-0.25, -0.2) is 0 Å². The summed E-state index contributed by atoms with van der Waals surface area (Å²) in [4.78, 5) is 10.7. The Morgan fingerprint density at radius 3 is 2.56 bits per heavy atom. The Labute approximate surface area is 160 Å². The fourth-order valence-corrected chi connectivity index (χ4v) is 5.69. The Kier molecular flexibility index (Phi) is 11.2. The monoisotopic (exact) mass is 370 g/mol. The molecule has 0 radical (unpaired) electrons. The summed E-state index contributed by atoms with van der Waals surface area (Å²) in [6, 6.07) is 0. The van der Waals surface area contributed by atoms with E-state index in [1.165, 1.54) is 70.6 Å². The zero-order valence-corrected chi connectivity index (χ0v) is 18.0. The van der Waals surface area contributed by atoms with Crippen LogP contribution in [0, 0.1) is 17.3 Å². The predicted molar refractivity (Wildman–Crippen MR) is 111 cm³/mol. The highest BCUT2D eigenvalue weighted by Crippen LogP contribution is 2.49. The summed E-state index contributed by atoms with van der Waals surface area (Å²) in [6.07, 6.45) is 15.4. The molecule has 4 unspecified atom stereocenters. The maximum absolute atomic E-state index is 10.7. The van der Waals surface area contributed by atoms with Crippen molar-refractivity contribution in [3.63, 3.8) is 0 Å². The molecule has 0 amide bonds. The molecule has 25 heavy (non-hydrogen) atoms. The highest BCUT2D eigenvalue weighted by molar-refractivity contribution is 7.99. The first-order chi connectivity index (χ1) is 11.9. The summed E-state index contributed by atoms with van der Waals surface area (Å²) in [5.41, 5.74) is 0.568. The van der Waals surface area contributed by atoms with Crippen LogP contribution in [0.2, 0.25) is 0 Å². The van der Waals surface area contributed by atoms with Gasteiger partial charge in [-0.05, 0) is 48.7 Å². The van der Waals surface area contributed by atoms with Crippen LogP contribution in [0.3, 0.4) is 0 Å². The van der Waals surface area contributed by atoms with E-state index in [4.69, 9.17) is 5.11 Å². The summed E-state index contributed by atoms with van der Waals surface area (Å²) < 4.78 is 0. The molecule has 1 aliphatic rings. The van der Waals surface area contributed by atoms with Gasteiger partial charge in [0.05, 0.1) is 6.42 Å². The SMILES string of the molecule is CCCCC(CCCCCSC(C)CC(=O)O)C1(C)CCCCC1C. The van der Waals surface area contributed by atoms with Gasteiger partial charge in [0.1, 0.15) is 0 Å². The van der Waals surface area contributed by atoms with Gasteiger partial charge >= 0.3 is 5.97 Å². The van der Waals surface area contributed by atoms with Crippen LogP contribution >= 0.6 is 11.8 Å². The molecule has 0 aromatic rings. The molecule has 2 nitrogen and oxygen atoms in total. The molecule has 0 bridgehead atoms. The smallest absolute Gasteiger partial charge is 0.304 e. The quantitative estimate of drug-likeness (QED) is 0.349. The highest BCUT2D eigenvalue weighted by atomic mass is 32.2. The second-order valence-corrected chi connectivity index (χ2v) is 10.2. The van der Waals surface area contributed by atoms with Crippen LogP contribution in [0.25, 0.3) is 0 Å². The average Bonchev–Trinajstić information content (AvgIpc) is 2.55. The molecule has 3 heteroatoms. The Bertz CT molecular complexity index is 371. The molecule has 0 heterocycles. The van der Waals surface area contributed by atoms with Crippen molar-refractivity contribution < 1.29 is 9.90 Å². The van der Waals surface area contributed by atoms with E-state index in [-0.39, 0.29) is 5.25 Å². The van der Waals surface area contributed by atoms with Gasteiger partial charge in [-0.15, -0.1) is 0 Å². The topological polar surface area (TPSA) is 37.3 Å². The van der Waals surface area contributed by atoms with Crippen molar-refractivity contribution in [1.82, 2.24) is 0 Å². The van der Waals surface area contributed by atoms with Crippen LogP contribution < -0.4 is 0 Å². The number of hydrogen-bond acceptors (Lipinski definition) is 2. The Morgan fingerprint density at radius 1 is 1.20 bits per heavy atom. The van der Waals surface area contributed by atoms with Crippen LogP contribution in [0.15, 0.2) is 0 Å². The van der Waals surface area contributed by atoms with Crippen LogP contribution in [0.1, 0.15) is 105 Å². The molecule has 1 rings (SSSR count). The minimum Gasteiger partial charge on any atom is -0.481 e. The Hall–Kier alpha value is -0.180. The lowest BCUT2D eigenvalue weighted by Gasteiger charge is -2.46. The Balaban J connectivity index is 2.32. The van der Waals surface area contributed by atoms with Gasteiger partial charge in [-0.1, -0.05) is 72.6 Å². The number of carbonyl (C=O) groups is 1. The van der Waals surface area contributed by atoms with Gasteiger partial charge in [-0.2, -0.15) is 11.8 Å². The fourth-order valence-electron chi connectivity index (χ4n) is 4.65. The lowest BCUT2D eigenvalue weighted by atomic mass is 9.59. The van der Waals surface area contributed by atoms with Crippen molar-refractivity contribution in [1.29, 1.82) is 0 Å². The number of unbranched alkanes of at least 4 members (excludes halogenated alkanes) is 3. The van der Waals surface area contributed by atoms with Gasteiger partial charge in [0.2, 0.25) is 0 Å². The van der Waals surface area contributed by atoms with E-state index >= 15 is 0 Å². The molecule has 1 N–H and O–H groups in total. The van der Waals surface area contributed by atoms with Crippen molar-refractivity contribution >= 4 is 17.7 Å². The third-order valence-corrected chi connectivity index (χ3v) is 7.89. The largest absolute Gasteiger partial charge is 0.481 e. The standard InChI is InChI=1S/C22H42O2S/c1-5-6-13-20(22(4)15-10-9-12-18(22)2)14-8-7-11-16-25-19(3)17-21(23)24/h18-20H,5-17H2,1-4H3,(H,23,24). The third kappa shape index (κ3) is 8.37. The van der Waals surface area contributed by atoms with Crippen molar-refractivity contribution in [2.24, 2.45) is 17.3 Å². The second kappa shape index (κ2) is 12.3. The van der Waals surface area contributed by atoms with Crippen LogP contribution in [0.4, 0.5) is 0 Å². The number of rotatable bonds is 13. The summed E-state index contributed by atoms with van der Waals surface area (Å²) in [5.74, 6) is 2.23. The molecule has 0 aromatic carbocycles. The van der Waals surface area contributed by atoms with Crippen molar-refractivity contribution in [3.05, 3.63) is 0 Å². The van der Waals surface area contributed by atoms with Crippen LogP contribution in [-0.2, 0) is 4.79 Å². The van der Waals surface area contributed by atoms with E-state index in [1.807, 2.05) is 18.7 Å². The first-order valence-electron chi connectivity index (χ1n) is 10.7. The maximum Gasteiger partial charge on any atom is 0.304 e. The number of thioether (sulfide) groups is 1. The molecule has 0 aliphatic heterocycles. The molecule has 1 aliphatic carbocycles. The first-order valence-corrected chi connectivity index (χ1v) is 11.8. The summed E-state index contributed by atoms with van der Waals surface area (Å²) >= 11 is 1.82. The van der Waals surface area contributed by atoms with Gasteiger partial charge in [0.25, 0.3) is 0 Å². The van der Waals surface area contributed by atoms with Gasteiger partial charge in [0, 0.05) is 5.25 Å². The number of carboxylic acid groups (broad SMARTS) is 1. The van der Waals surface area contributed by atoms with E-state index in [9.17, 15) is 4.79 Å². The zero-order valence-electron chi connectivity index (χ0n) is 17.2. The van der Waals surface area contributed by atoms with E-state index in [0.717, 1.165) is 17.6 Å². The van der Waals surface area contributed by atoms with Crippen molar-refractivity contribution in [3.8, 4) is 0 Å². The highest BCUT2D eigenvalue weighted by Gasteiger charge is 2.39. The lowest BCUT2D eigenvalue weighted by Crippen LogP contribution is -2.36. The molecule has 1 fully saturated rings. The van der Waals surface area contributed by atoms with Crippen molar-refractivity contribution in [2.75, 3.05) is 5.75 Å². The third-order valence-electron chi connectivity index (χ3n) is 6.63. The average molecular weight is 371 g/mol. The van der Waals surface area contributed by atoms with E-state index < -0.39 is 5.97 Å². The lowest BCUT2D eigenvalue weighted by molar-refractivity contribution is -0.136. The molecular formula is C22H42O2S. The first kappa shape index (κ1) is 22.9. The van der Waals surface area contributed by atoms with E-state index in [2.05, 4.69) is 20.8 Å². The molecule has 0 saturated heterocycles. The molecule has 148 valence electrons. The van der Waals surface area contributed by atoms with E-state index in [0.29, 0.717) is 11.8 Å². The molecule has 1 saturated carbocycles. The second-order valence-electron chi connectivity index (χ2n) is 8.62. The Morgan fingerprint density at radius 2 is 1.92 bits per heavy atom. The number of carboxylic acids is 1. The molecule has 4 atom stereocenters. The van der Waals surface area contributed by atoms with Crippen LogP contribution in [-0.4, -0.2) is 22.1 Å². The summed E-state index contributed by atoms with van der Waals surface area (Å²) in [7, 11) is 0. The van der Waals surface area contributed by atoms with Gasteiger partial charge in [-0.3, -0.25) is 4.79 Å². The zero-order chi connectivity index (χ0) is 18.7. The maximum atomic E-state index is 10.7. The van der Waals surface area contributed by atoms with Crippen molar-refractivity contribution in [2.45, 2.75) is 110 Å². The number of aliphatic carboxylic acids is 1. The summed E-state index contributed by atoms with van der Waals surface area (Å²) in [5, 5.41) is 9.06. The molecule has 0 aromatic heterocycles. The normalized spacial score (nSPS) is 26.3. The molecular weight excluding hydrogens is 328 g/mol. The molecule has 0 spiro atoms. The fraction of sp³-hybridized carbons (Fsp3) is 0.955. The minimum absolute atomic E-state index is 0.247. The van der Waals surface area contributed by atoms with E-state index in [1.54, 1.807) is 0 Å². The van der Waals surface area contributed by atoms with Crippen LogP contribution in [0.5, 0.6) is 0 Å². The van der Waals surface area contributed by atoms with Gasteiger partial charge < -0.3 is 5.11 Å². The number of hydrogen-bond donors (Lipinski definition) is 1. The summed E-state index contributed by atoms with van der Waals surface area (Å²) in [6.45, 7) is 9.43.